The number of hydrogen-bond acceptors (Lipinski definition) is 3. The molecule has 1 aromatic carbocycles. The maximum Gasteiger partial charge on any atom is 0.418 e. The summed E-state index contributed by atoms with van der Waals surface area (Å²) in [6.07, 6.45) is -1.38. The number of alkyl halides is 3. The normalized spacial score (nSPS) is 11.7. The lowest BCUT2D eigenvalue weighted by molar-refractivity contribution is -0.137. The van der Waals surface area contributed by atoms with Crippen molar-refractivity contribution in [3.8, 4) is 0 Å². The lowest BCUT2D eigenvalue weighted by Gasteiger charge is -2.18. The van der Waals surface area contributed by atoms with Gasteiger partial charge < -0.3 is 14.8 Å². The van der Waals surface area contributed by atoms with Crippen LogP contribution in [-0.4, -0.2) is 34.5 Å². The predicted molar refractivity (Wildman–Crippen MR) is 103 cm³/mol. The smallest absolute Gasteiger partial charge is 0.347 e. The number of nitrogens with zero attached hydrogens (tertiary/aromatic N) is 3. The molecule has 0 atom stereocenters. The molecule has 0 fully saturated rings. The summed E-state index contributed by atoms with van der Waals surface area (Å²) in [5, 5.41) is 3.43. The minimum Gasteiger partial charge on any atom is -0.347 e. The topological polar surface area (TPSA) is 50.2 Å². The third-order valence-corrected chi connectivity index (χ3v) is 4.57. The number of anilines is 2. The fraction of sp³-hybridized carbons (Fsp3) is 0.263. The molecule has 0 unspecified atom stereocenters. The van der Waals surface area contributed by atoms with Crippen molar-refractivity contribution >= 4 is 39.9 Å². The van der Waals surface area contributed by atoms with Gasteiger partial charge >= 0.3 is 6.18 Å². The molecule has 2 aromatic heterocycles. The van der Waals surface area contributed by atoms with Gasteiger partial charge in [-0.15, -0.1) is 0 Å². The lowest BCUT2D eigenvalue weighted by Crippen LogP contribution is -2.25. The Kier molecular flexibility index (Phi) is 5.25. The Bertz CT molecular complexity index is 1040. The molecule has 3 aromatic rings. The van der Waals surface area contributed by atoms with Crippen molar-refractivity contribution in [2.24, 2.45) is 0 Å². The zero-order valence-corrected chi connectivity index (χ0v) is 16.2. The number of halogens is 4. The second kappa shape index (κ2) is 7.35. The van der Waals surface area contributed by atoms with Crippen LogP contribution in [0.15, 0.2) is 36.7 Å². The fourth-order valence-corrected chi connectivity index (χ4v) is 3.17. The number of carbonyl (C=O) groups excluding carboxylic acids is 1. The molecule has 28 heavy (non-hydrogen) atoms. The maximum absolute atomic E-state index is 13.5. The van der Waals surface area contributed by atoms with Gasteiger partial charge in [0.15, 0.2) is 0 Å². The predicted octanol–water partition coefficient (Wildman–Crippen LogP) is 4.85. The van der Waals surface area contributed by atoms with Crippen LogP contribution >= 0.6 is 11.6 Å². The highest BCUT2D eigenvalue weighted by atomic mass is 35.5. The van der Waals surface area contributed by atoms with Gasteiger partial charge in [0.25, 0.3) is 0 Å². The van der Waals surface area contributed by atoms with Crippen molar-refractivity contribution in [3.63, 3.8) is 0 Å². The van der Waals surface area contributed by atoms with Crippen LogP contribution in [0.4, 0.5) is 24.7 Å². The van der Waals surface area contributed by atoms with E-state index in [9.17, 15) is 18.0 Å². The van der Waals surface area contributed by atoms with Crippen molar-refractivity contribution < 1.29 is 18.0 Å². The number of amides is 1. The third kappa shape index (κ3) is 3.91. The highest BCUT2D eigenvalue weighted by Crippen LogP contribution is 2.40. The molecule has 0 saturated carbocycles. The maximum atomic E-state index is 13.5. The Morgan fingerprint density at radius 3 is 2.64 bits per heavy atom. The summed E-state index contributed by atoms with van der Waals surface area (Å²) in [5.41, 5.74) is 0.0706. The molecule has 0 aliphatic carbocycles. The summed E-state index contributed by atoms with van der Waals surface area (Å²) in [6, 6.07) is 5.77. The van der Waals surface area contributed by atoms with Crippen molar-refractivity contribution in [2.45, 2.75) is 19.6 Å². The lowest BCUT2D eigenvalue weighted by atomic mass is 10.1. The van der Waals surface area contributed by atoms with Crippen molar-refractivity contribution in [2.75, 3.05) is 19.4 Å². The van der Waals surface area contributed by atoms with Crippen LogP contribution in [0.5, 0.6) is 0 Å². The Morgan fingerprint density at radius 2 is 2.00 bits per heavy atom. The molecule has 1 amide bonds. The molecular formula is C19H18ClF3N4O. The van der Waals surface area contributed by atoms with Crippen LogP contribution in [0.1, 0.15) is 11.1 Å². The summed E-state index contributed by atoms with van der Waals surface area (Å²) < 4.78 is 42.2. The van der Waals surface area contributed by atoms with Gasteiger partial charge in [0.05, 0.1) is 16.8 Å². The van der Waals surface area contributed by atoms with E-state index in [-0.39, 0.29) is 29.0 Å². The number of nitrogens with one attached hydrogen (secondary N) is 1. The first-order chi connectivity index (χ1) is 13.1. The number of rotatable bonds is 4. The zero-order chi connectivity index (χ0) is 20.6. The summed E-state index contributed by atoms with van der Waals surface area (Å²) >= 11 is 5.82. The number of hydrogen-bond donors (Lipinski definition) is 1. The summed E-state index contributed by atoms with van der Waals surface area (Å²) in [7, 11) is 3.31. The Labute approximate surface area is 164 Å². The minimum atomic E-state index is -4.57. The SMILES string of the molecule is Cc1cc(Cl)cc(C(F)(F)F)c1Nc1nccc2c1ccn2CC(=O)N(C)C. The Morgan fingerprint density at radius 1 is 1.29 bits per heavy atom. The molecule has 0 spiro atoms. The molecule has 2 heterocycles. The van der Waals surface area contributed by atoms with Crippen LogP contribution < -0.4 is 5.32 Å². The summed E-state index contributed by atoms with van der Waals surface area (Å²) in [6.45, 7) is 1.66. The number of carbonyl (C=O) groups is 1. The van der Waals surface area contributed by atoms with E-state index in [1.54, 1.807) is 43.9 Å². The van der Waals surface area contributed by atoms with Gasteiger partial charge in [-0.3, -0.25) is 4.79 Å². The average molecular weight is 411 g/mol. The van der Waals surface area contributed by atoms with E-state index in [4.69, 9.17) is 11.6 Å². The van der Waals surface area contributed by atoms with Gasteiger partial charge in [-0.2, -0.15) is 13.2 Å². The van der Waals surface area contributed by atoms with E-state index >= 15 is 0 Å². The first-order valence-corrected chi connectivity index (χ1v) is 8.74. The standard InChI is InChI=1S/C19H18ClF3N4O/c1-11-8-12(20)9-14(19(21,22)23)17(11)25-18-13-5-7-27(10-16(28)26(2)3)15(13)4-6-24-18/h4-9H,10H2,1-3H3,(H,24,25). The van der Waals surface area contributed by atoms with Gasteiger partial charge in [-0.1, -0.05) is 11.6 Å². The van der Waals surface area contributed by atoms with Crippen LogP contribution in [-0.2, 0) is 17.5 Å². The summed E-state index contributed by atoms with van der Waals surface area (Å²) in [4.78, 5) is 17.7. The number of benzene rings is 1. The highest BCUT2D eigenvalue weighted by Gasteiger charge is 2.35. The molecule has 0 aliphatic heterocycles. The molecule has 0 radical (unpaired) electrons. The zero-order valence-electron chi connectivity index (χ0n) is 15.4. The van der Waals surface area contributed by atoms with Crippen molar-refractivity contribution in [1.82, 2.24) is 14.5 Å². The van der Waals surface area contributed by atoms with Crippen LogP contribution in [0.3, 0.4) is 0 Å². The summed E-state index contributed by atoms with van der Waals surface area (Å²) in [5.74, 6) is 0.168. The fourth-order valence-electron chi connectivity index (χ4n) is 2.90. The van der Waals surface area contributed by atoms with Crippen LogP contribution in [0, 0.1) is 6.92 Å². The van der Waals surface area contributed by atoms with Crippen molar-refractivity contribution in [1.29, 1.82) is 0 Å². The highest BCUT2D eigenvalue weighted by molar-refractivity contribution is 6.30. The monoisotopic (exact) mass is 410 g/mol. The number of pyridine rings is 1. The molecular weight excluding hydrogens is 393 g/mol. The molecule has 0 aliphatic rings. The second-order valence-electron chi connectivity index (χ2n) is 6.59. The van der Waals surface area contributed by atoms with Gasteiger partial charge in [-0.05, 0) is 36.8 Å². The Hall–Kier alpha value is -2.74. The van der Waals surface area contributed by atoms with E-state index in [1.165, 1.54) is 17.2 Å². The largest absolute Gasteiger partial charge is 0.418 e. The number of fused-ring (bicyclic) bond motifs is 1. The molecule has 9 heteroatoms. The number of aryl methyl sites for hydroxylation is 1. The minimum absolute atomic E-state index is 0.00916. The average Bonchev–Trinajstić information content (AvgIpc) is 3.00. The van der Waals surface area contributed by atoms with E-state index in [1.807, 2.05) is 0 Å². The molecule has 3 rings (SSSR count). The van der Waals surface area contributed by atoms with Gasteiger partial charge in [-0.25, -0.2) is 4.98 Å². The van der Waals surface area contributed by atoms with Crippen LogP contribution in [0.25, 0.3) is 10.9 Å². The van der Waals surface area contributed by atoms with Gasteiger partial charge in [0.1, 0.15) is 12.4 Å². The first kappa shape index (κ1) is 20.0. The number of likely N-dealkylation sites (N-methyl/N-ethyl adjacent to an activating group) is 1. The van der Waals surface area contributed by atoms with E-state index < -0.39 is 11.7 Å². The molecule has 5 nitrogen and oxygen atoms in total. The first-order valence-electron chi connectivity index (χ1n) is 8.36. The van der Waals surface area contributed by atoms with Crippen molar-refractivity contribution in [3.05, 3.63) is 52.8 Å². The van der Waals surface area contributed by atoms with Gasteiger partial charge in [0.2, 0.25) is 5.91 Å². The third-order valence-electron chi connectivity index (χ3n) is 4.35. The quantitative estimate of drug-likeness (QED) is 0.669. The molecule has 0 bridgehead atoms. The van der Waals surface area contributed by atoms with Gasteiger partial charge in [0, 0.05) is 36.9 Å². The number of aromatic nitrogens is 2. The van der Waals surface area contributed by atoms with E-state index in [0.717, 1.165) is 6.07 Å². The molecule has 0 saturated heterocycles. The molecule has 1 N–H and O–H groups in total. The Balaban J connectivity index is 2.05. The van der Waals surface area contributed by atoms with E-state index in [0.29, 0.717) is 16.5 Å². The molecule has 148 valence electrons. The van der Waals surface area contributed by atoms with E-state index in [2.05, 4.69) is 10.3 Å². The second-order valence-corrected chi connectivity index (χ2v) is 7.03. The van der Waals surface area contributed by atoms with Crippen LogP contribution in [0.2, 0.25) is 5.02 Å².